The Labute approximate surface area is 169 Å². The normalized spacial score (nSPS) is 12.2. The largest absolute Gasteiger partial charge is 0.493 e. The van der Waals surface area contributed by atoms with Crippen LogP contribution in [0.2, 0.25) is 5.02 Å². The van der Waals surface area contributed by atoms with Crippen LogP contribution in [0.5, 0.6) is 11.5 Å². The van der Waals surface area contributed by atoms with Gasteiger partial charge in [0, 0.05) is 5.56 Å². The molecule has 0 saturated carbocycles. The number of halogens is 1. The number of aromatic nitrogens is 2. The van der Waals surface area contributed by atoms with E-state index in [1.54, 1.807) is 12.1 Å². The second kappa shape index (κ2) is 8.52. The zero-order chi connectivity index (χ0) is 20.3. The molecule has 0 radical (unpaired) electrons. The lowest BCUT2D eigenvalue weighted by molar-refractivity contribution is 0.0923. The van der Waals surface area contributed by atoms with Crippen molar-refractivity contribution in [2.45, 2.75) is 26.8 Å². The highest BCUT2D eigenvalue weighted by atomic mass is 35.5. The van der Waals surface area contributed by atoms with Crippen LogP contribution >= 0.6 is 11.6 Å². The summed E-state index contributed by atoms with van der Waals surface area (Å²) >= 11 is 6.30. The van der Waals surface area contributed by atoms with Gasteiger partial charge in [-0.1, -0.05) is 37.6 Å². The second-order valence-electron chi connectivity index (χ2n) is 6.76. The third-order valence-corrected chi connectivity index (χ3v) is 4.72. The summed E-state index contributed by atoms with van der Waals surface area (Å²) in [6.45, 7) is 6.37. The van der Waals surface area contributed by atoms with E-state index in [-0.39, 0.29) is 17.9 Å². The number of ether oxygens (including phenoxy) is 2. The highest BCUT2D eigenvalue weighted by Crippen LogP contribution is 2.36. The minimum absolute atomic E-state index is 0.129. The van der Waals surface area contributed by atoms with Crippen LogP contribution in [0.4, 0.5) is 0 Å². The number of fused-ring (bicyclic) bond motifs is 1. The molecule has 0 fully saturated rings. The fraction of sp³-hybridized carbons (Fsp3) is 0.333. The lowest BCUT2D eigenvalue weighted by Crippen LogP contribution is -2.32. The van der Waals surface area contributed by atoms with Gasteiger partial charge in [0.1, 0.15) is 5.82 Å². The molecular weight excluding hydrogens is 378 g/mol. The summed E-state index contributed by atoms with van der Waals surface area (Å²) in [4.78, 5) is 20.9. The maximum Gasteiger partial charge on any atom is 0.252 e. The maximum atomic E-state index is 12.9. The van der Waals surface area contributed by atoms with Gasteiger partial charge in [0.2, 0.25) is 0 Å². The van der Waals surface area contributed by atoms with Gasteiger partial charge in [0.25, 0.3) is 5.91 Å². The Bertz CT molecular complexity index is 951. The monoisotopic (exact) mass is 401 g/mol. The van der Waals surface area contributed by atoms with Crippen LogP contribution in [0.15, 0.2) is 36.4 Å². The number of para-hydroxylation sites is 2. The van der Waals surface area contributed by atoms with Crippen LogP contribution in [-0.4, -0.2) is 29.6 Å². The number of imidazole rings is 1. The number of H-pyrrole nitrogens is 1. The zero-order valence-corrected chi connectivity index (χ0v) is 17.1. The molecule has 0 spiro atoms. The molecule has 0 aliphatic rings. The van der Waals surface area contributed by atoms with Crippen molar-refractivity contribution in [1.29, 1.82) is 0 Å². The Hall–Kier alpha value is -2.73. The van der Waals surface area contributed by atoms with Gasteiger partial charge >= 0.3 is 0 Å². The van der Waals surface area contributed by atoms with Gasteiger partial charge in [0.05, 0.1) is 35.8 Å². The van der Waals surface area contributed by atoms with E-state index < -0.39 is 0 Å². The summed E-state index contributed by atoms with van der Waals surface area (Å²) < 4.78 is 10.9. The minimum Gasteiger partial charge on any atom is -0.493 e. The van der Waals surface area contributed by atoms with E-state index in [0.717, 1.165) is 11.0 Å². The molecule has 6 nitrogen and oxygen atoms in total. The number of aromatic amines is 1. The number of nitrogens with one attached hydrogen (secondary N) is 2. The summed E-state index contributed by atoms with van der Waals surface area (Å²) in [6, 6.07) is 10.7. The van der Waals surface area contributed by atoms with E-state index in [4.69, 9.17) is 21.1 Å². The minimum atomic E-state index is -0.281. The first-order valence-electron chi connectivity index (χ1n) is 9.20. The van der Waals surface area contributed by atoms with E-state index in [1.165, 1.54) is 7.11 Å². The first kappa shape index (κ1) is 20.0. The first-order valence-corrected chi connectivity index (χ1v) is 9.58. The Morgan fingerprint density at radius 3 is 2.68 bits per heavy atom. The molecule has 1 aromatic heterocycles. The summed E-state index contributed by atoms with van der Waals surface area (Å²) in [5.74, 6) is 1.44. The van der Waals surface area contributed by atoms with Crippen molar-refractivity contribution in [3.8, 4) is 11.5 Å². The summed E-state index contributed by atoms with van der Waals surface area (Å²) in [5, 5.41) is 3.38. The molecule has 3 rings (SSSR count). The van der Waals surface area contributed by atoms with Crippen LogP contribution in [0, 0.1) is 5.92 Å². The molecule has 3 aromatic rings. The van der Waals surface area contributed by atoms with E-state index in [1.807, 2.05) is 45.0 Å². The average Bonchev–Trinajstić information content (AvgIpc) is 3.10. The zero-order valence-electron chi connectivity index (χ0n) is 16.4. The van der Waals surface area contributed by atoms with Crippen LogP contribution < -0.4 is 14.8 Å². The number of hydrogen-bond acceptors (Lipinski definition) is 4. The van der Waals surface area contributed by atoms with Gasteiger partial charge in [-0.3, -0.25) is 4.79 Å². The molecule has 148 valence electrons. The standard InChI is InChI=1S/C21H24ClN3O3/c1-5-28-19-14(22)10-13(11-17(19)27-4)21(26)25-18(12(2)3)20-23-15-8-6-7-9-16(15)24-20/h6-12,18H,5H2,1-4H3,(H,23,24)(H,25,26). The highest BCUT2D eigenvalue weighted by molar-refractivity contribution is 6.32. The predicted molar refractivity (Wildman–Crippen MR) is 110 cm³/mol. The van der Waals surface area contributed by atoms with E-state index in [2.05, 4.69) is 15.3 Å². The lowest BCUT2D eigenvalue weighted by atomic mass is 10.0. The van der Waals surface area contributed by atoms with Crippen molar-refractivity contribution in [2.24, 2.45) is 5.92 Å². The Morgan fingerprint density at radius 1 is 1.29 bits per heavy atom. The predicted octanol–water partition coefficient (Wildman–Crippen LogP) is 4.75. The van der Waals surface area contributed by atoms with Crippen molar-refractivity contribution in [3.63, 3.8) is 0 Å². The molecule has 1 amide bonds. The van der Waals surface area contributed by atoms with E-state index in [0.29, 0.717) is 34.5 Å². The number of hydrogen-bond donors (Lipinski definition) is 2. The van der Waals surface area contributed by atoms with Crippen LogP contribution in [0.25, 0.3) is 11.0 Å². The van der Waals surface area contributed by atoms with Gasteiger partial charge in [-0.25, -0.2) is 4.98 Å². The van der Waals surface area contributed by atoms with Gasteiger partial charge in [-0.2, -0.15) is 0 Å². The summed E-state index contributed by atoms with van der Waals surface area (Å²) in [7, 11) is 1.52. The van der Waals surface area contributed by atoms with Crippen LogP contribution in [-0.2, 0) is 0 Å². The van der Waals surface area contributed by atoms with Crippen molar-refractivity contribution in [3.05, 3.63) is 52.8 Å². The van der Waals surface area contributed by atoms with Crippen LogP contribution in [0.1, 0.15) is 43.0 Å². The Kier molecular flexibility index (Phi) is 6.09. The second-order valence-corrected chi connectivity index (χ2v) is 7.16. The number of amides is 1. The fourth-order valence-electron chi connectivity index (χ4n) is 3.03. The van der Waals surface area contributed by atoms with Crippen LogP contribution in [0.3, 0.4) is 0 Å². The molecule has 0 bridgehead atoms. The Morgan fingerprint density at radius 2 is 2.04 bits per heavy atom. The number of methoxy groups -OCH3 is 1. The molecular formula is C21H24ClN3O3. The molecule has 0 aliphatic carbocycles. The smallest absolute Gasteiger partial charge is 0.252 e. The SMILES string of the molecule is CCOc1c(Cl)cc(C(=O)NC(c2nc3ccccc3[nH]2)C(C)C)cc1OC. The van der Waals surface area contributed by atoms with Crippen molar-refractivity contribution in [1.82, 2.24) is 15.3 Å². The topological polar surface area (TPSA) is 76.2 Å². The fourth-order valence-corrected chi connectivity index (χ4v) is 3.30. The number of carbonyl (C=O) groups excluding carboxylic acids is 1. The molecule has 1 atom stereocenters. The van der Waals surface area contributed by atoms with Crippen molar-refractivity contribution >= 4 is 28.5 Å². The van der Waals surface area contributed by atoms with E-state index in [9.17, 15) is 4.79 Å². The number of benzene rings is 2. The summed E-state index contributed by atoms with van der Waals surface area (Å²) in [6.07, 6.45) is 0. The van der Waals surface area contributed by atoms with Crippen molar-refractivity contribution < 1.29 is 14.3 Å². The lowest BCUT2D eigenvalue weighted by Gasteiger charge is -2.21. The van der Waals surface area contributed by atoms with Gasteiger partial charge in [0.15, 0.2) is 11.5 Å². The van der Waals surface area contributed by atoms with Gasteiger partial charge < -0.3 is 19.8 Å². The molecule has 2 aromatic carbocycles. The number of nitrogens with zero attached hydrogens (tertiary/aromatic N) is 1. The quantitative estimate of drug-likeness (QED) is 0.599. The summed E-state index contributed by atoms with van der Waals surface area (Å²) in [5.41, 5.74) is 2.19. The molecule has 1 heterocycles. The molecule has 28 heavy (non-hydrogen) atoms. The average molecular weight is 402 g/mol. The van der Waals surface area contributed by atoms with E-state index >= 15 is 0 Å². The number of rotatable bonds is 7. The molecule has 0 saturated heterocycles. The third kappa shape index (κ3) is 4.07. The Balaban J connectivity index is 1.89. The molecule has 2 N–H and O–H groups in total. The molecule has 7 heteroatoms. The van der Waals surface area contributed by atoms with Gasteiger partial charge in [-0.05, 0) is 37.1 Å². The maximum absolute atomic E-state index is 12.9. The van der Waals surface area contributed by atoms with Crippen molar-refractivity contribution in [2.75, 3.05) is 13.7 Å². The first-order chi connectivity index (χ1) is 13.4. The number of carbonyl (C=O) groups is 1. The molecule has 0 aliphatic heterocycles. The third-order valence-electron chi connectivity index (χ3n) is 4.44. The molecule has 1 unspecified atom stereocenters. The van der Waals surface area contributed by atoms with Gasteiger partial charge in [-0.15, -0.1) is 0 Å². The highest BCUT2D eigenvalue weighted by Gasteiger charge is 2.24.